The van der Waals surface area contributed by atoms with Crippen LogP contribution in [0.3, 0.4) is 0 Å². The molecule has 5 nitrogen and oxygen atoms in total. The van der Waals surface area contributed by atoms with Crippen LogP contribution in [0.4, 0.5) is 0 Å². The van der Waals surface area contributed by atoms with Gasteiger partial charge in [0.25, 0.3) is 5.91 Å². The van der Waals surface area contributed by atoms with E-state index in [1.807, 2.05) is 19.9 Å². The van der Waals surface area contributed by atoms with Crippen molar-refractivity contribution >= 4 is 5.91 Å². The van der Waals surface area contributed by atoms with Gasteiger partial charge < -0.3 is 15.2 Å². The molecule has 0 saturated carbocycles. The van der Waals surface area contributed by atoms with E-state index in [2.05, 4.69) is 5.32 Å². The van der Waals surface area contributed by atoms with Crippen LogP contribution in [0, 0.1) is 16.7 Å². The number of aliphatic hydroxyl groups is 1. The molecule has 5 heteroatoms. The van der Waals surface area contributed by atoms with E-state index in [9.17, 15) is 9.90 Å². The van der Waals surface area contributed by atoms with Crippen molar-refractivity contribution in [2.75, 3.05) is 6.54 Å². The van der Waals surface area contributed by atoms with Gasteiger partial charge in [-0.2, -0.15) is 5.26 Å². The molecule has 0 aliphatic carbocycles. The first kappa shape index (κ1) is 18.0. The molecule has 1 aromatic carbocycles. The number of benzene rings is 1. The van der Waals surface area contributed by atoms with E-state index in [1.165, 1.54) is 0 Å². The fraction of sp³-hybridized carbons (Fsp3) is 0.529. The SMILES string of the molecule is CC(O)CC(C)(C)CNC(=O)C(C)Oc1ccccc1C#N. The molecule has 0 saturated heterocycles. The predicted molar refractivity (Wildman–Crippen MR) is 84.3 cm³/mol. The van der Waals surface area contributed by atoms with Crippen LogP contribution in [-0.2, 0) is 4.79 Å². The summed E-state index contributed by atoms with van der Waals surface area (Å²) in [5.41, 5.74) is 0.199. The molecule has 0 spiro atoms. The number of hydrogen-bond acceptors (Lipinski definition) is 4. The van der Waals surface area contributed by atoms with Gasteiger partial charge in [0.2, 0.25) is 0 Å². The van der Waals surface area contributed by atoms with Crippen LogP contribution in [-0.4, -0.2) is 29.8 Å². The van der Waals surface area contributed by atoms with E-state index in [0.29, 0.717) is 24.3 Å². The maximum Gasteiger partial charge on any atom is 0.260 e. The third kappa shape index (κ3) is 5.74. The third-order valence-electron chi connectivity index (χ3n) is 3.27. The number of amides is 1. The first-order valence-corrected chi connectivity index (χ1v) is 7.37. The Balaban J connectivity index is 2.57. The minimum Gasteiger partial charge on any atom is -0.480 e. The van der Waals surface area contributed by atoms with Crippen molar-refractivity contribution in [3.8, 4) is 11.8 Å². The number of aliphatic hydroxyl groups excluding tert-OH is 1. The summed E-state index contributed by atoms with van der Waals surface area (Å²) in [6, 6.07) is 8.85. The van der Waals surface area contributed by atoms with E-state index < -0.39 is 12.2 Å². The van der Waals surface area contributed by atoms with E-state index in [1.54, 1.807) is 38.1 Å². The maximum atomic E-state index is 12.1. The Kier molecular flexibility index (Phi) is 6.39. The molecule has 1 aromatic rings. The van der Waals surface area contributed by atoms with Gasteiger partial charge in [0.05, 0.1) is 11.7 Å². The molecule has 2 unspecified atom stereocenters. The Labute approximate surface area is 131 Å². The monoisotopic (exact) mass is 304 g/mol. The van der Waals surface area contributed by atoms with Crippen LogP contribution in [0.25, 0.3) is 0 Å². The molecule has 2 N–H and O–H groups in total. The van der Waals surface area contributed by atoms with Crippen molar-refractivity contribution in [1.82, 2.24) is 5.32 Å². The van der Waals surface area contributed by atoms with Gasteiger partial charge in [-0.1, -0.05) is 26.0 Å². The zero-order chi connectivity index (χ0) is 16.8. The molecule has 0 aliphatic heterocycles. The third-order valence-corrected chi connectivity index (χ3v) is 3.27. The van der Waals surface area contributed by atoms with Gasteiger partial charge in [-0.15, -0.1) is 0 Å². The Morgan fingerprint density at radius 3 is 2.64 bits per heavy atom. The van der Waals surface area contributed by atoms with Crippen molar-refractivity contribution in [2.45, 2.75) is 46.3 Å². The summed E-state index contributed by atoms with van der Waals surface area (Å²) in [6.45, 7) is 7.79. The molecule has 1 rings (SSSR count). The summed E-state index contributed by atoms with van der Waals surface area (Å²) in [6.07, 6.45) is -0.514. The minimum absolute atomic E-state index is 0.200. The molecule has 22 heavy (non-hydrogen) atoms. The fourth-order valence-electron chi connectivity index (χ4n) is 2.25. The summed E-state index contributed by atoms with van der Waals surface area (Å²) >= 11 is 0. The average molecular weight is 304 g/mol. The van der Waals surface area contributed by atoms with E-state index in [0.717, 1.165) is 0 Å². The van der Waals surface area contributed by atoms with Crippen molar-refractivity contribution in [1.29, 1.82) is 5.26 Å². The van der Waals surface area contributed by atoms with Crippen molar-refractivity contribution in [3.63, 3.8) is 0 Å². The standard InChI is InChI=1S/C17H24N2O3/c1-12(20)9-17(3,4)11-19-16(21)13(2)22-15-8-6-5-7-14(15)10-18/h5-8,12-13,20H,9,11H2,1-4H3,(H,19,21). The Morgan fingerprint density at radius 2 is 2.05 bits per heavy atom. The van der Waals surface area contributed by atoms with Crippen LogP contribution < -0.4 is 10.1 Å². The van der Waals surface area contributed by atoms with Crippen LogP contribution >= 0.6 is 0 Å². The smallest absolute Gasteiger partial charge is 0.260 e. The van der Waals surface area contributed by atoms with Crippen LogP contribution in [0.1, 0.15) is 39.7 Å². The van der Waals surface area contributed by atoms with Crippen molar-refractivity contribution in [2.24, 2.45) is 5.41 Å². The summed E-state index contributed by atoms with van der Waals surface area (Å²) in [5.74, 6) is 0.155. The lowest BCUT2D eigenvalue weighted by atomic mass is 9.87. The Bertz CT molecular complexity index is 547. The Morgan fingerprint density at radius 1 is 1.41 bits per heavy atom. The average Bonchev–Trinajstić information content (AvgIpc) is 2.44. The molecule has 0 fully saturated rings. The number of nitriles is 1. The molecular formula is C17H24N2O3. The molecule has 0 aromatic heterocycles. The number of nitrogens with one attached hydrogen (secondary N) is 1. The zero-order valence-corrected chi connectivity index (χ0v) is 13.6. The molecule has 1 amide bonds. The molecule has 120 valence electrons. The Hall–Kier alpha value is -2.06. The quantitative estimate of drug-likeness (QED) is 0.809. The second-order valence-corrected chi connectivity index (χ2v) is 6.30. The zero-order valence-electron chi connectivity index (χ0n) is 13.6. The van der Waals surface area contributed by atoms with Gasteiger partial charge in [0.15, 0.2) is 6.10 Å². The van der Waals surface area contributed by atoms with Gasteiger partial charge in [-0.05, 0) is 37.8 Å². The van der Waals surface area contributed by atoms with Crippen LogP contribution in [0.2, 0.25) is 0 Å². The van der Waals surface area contributed by atoms with Gasteiger partial charge in [0, 0.05) is 6.54 Å². The number of nitrogens with zero attached hydrogens (tertiary/aromatic N) is 1. The van der Waals surface area contributed by atoms with Crippen molar-refractivity contribution in [3.05, 3.63) is 29.8 Å². The molecule has 0 radical (unpaired) electrons. The highest BCUT2D eigenvalue weighted by molar-refractivity contribution is 5.80. The normalized spacial score (nSPS) is 13.8. The number of hydrogen-bond donors (Lipinski definition) is 2. The number of rotatable bonds is 7. The fourth-order valence-corrected chi connectivity index (χ4v) is 2.25. The minimum atomic E-state index is -0.697. The second kappa shape index (κ2) is 7.81. The van der Waals surface area contributed by atoms with E-state index in [-0.39, 0.29) is 11.3 Å². The first-order valence-electron chi connectivity index (χ1n) is 7.37. The molecule has 0 aliphatic rings. The number of ether oxygens (including phenoxy) is 1. The van der Waals surface area contributed by atoms with E-state index >= 15 is 0 Å². The van der Waals surface area contributed by atoms with Crippen molar-refractivity contribution < 1.29 is 14.6 Å². The summed E-state index contributed by atoms with van der Waals surface area (Å²) < 4.78 is 5.56. The second-order valence-electron chi connectivity index (χ2n) is 6.30. The molecular weight excluding hydrogens is 280 g/mol. The number of carbonyl (C=O) groups excluding carboxylic acids is 1. The topological polar surface area (TPSA) is 82.3 Å². The summed E-state index contributed by atoms with van der Waals surface area (Å²) in [4.78, 5) is 12.1. The largest absolute Gasteiger partial charge is 0.480 e. The maximum absolute atomic E-state index is 12.1. The van der Waals surface area contributed by atoms with Crippen LogP contribution in [0.5, 0.6) is 5.75 Å². The van der Waals surface area contributed by atoms with Crippen LogP contribution in [0.15, 0.2) is 24.3 Å². The first-order chi connectivity index (χ1) is 10.2. The highest BCUT2D eigenvalue weighted by Gasteiger charge is 2.23. The number of para-hydroxylation sites is 1. The van der Waals surface area contributed by atoms with Gasteiger partial charge in [0.1, 0.15) is 11.8 Å². The summed E-state index contributed by atoms with van der Waals surface area (Å²) in [7, 11) is 0. The van der Waals surface area contributed by atoms with E-state index in [4.69, 9.17) is 10.00 Å². The van der Waals surface area contributed by atoms with Gasteiger partial charge >= 0.3 is 0 Å². The lowest BCUT2D eigenvalue weighted by molar-refractivity contribution is -0.127. The summed E-state index contributed by atoms with van der Waals surface area (Å²) in [5, 5.41) is 21.3. The molecule has 0 bridgehead atoms. The highest BCUT2D eigenvalue weighted by Crippen LogP contribution is 2.21. The lowest BCUT2D eigenvalue weighted by Crippen LogP contribution is -2.42. The highest BCUT2D eigenvalue weighted by atomic mass is 16.5. The van der Waals surface area contributed by atoms with Gasteiger partial charge in [-0.3, -0.25) is 4.79 Å². The molecule has 0 heterocycles. The number of carbonyl (C=O) groups is 1. The molecule has 2 atom stereocenters. The lowest BCUT2D eigenvalue weighted by Gasteiger charge is -2.27. The predicted octanol–water partition coefficient (Wildman–Crippen LogP) is 2.24. The van der Waals surface area contributed by atoms with Gasteiger partial charge in [-0.25, -0.2) is 0 Å².